The predicted octanol–water partition coefficient (Wildman–Crippen LogP) is -0.0471. The van der Waals surface area contributed by atoms with E-state index in [0.29, 0.717) is 0 Å². The van der Waals surface area contributed by atoms with Gasteiger partial charge in [0.1, 0.15) is 11.7 Å². The lowest BCUT2D eigenvalue weighted by molar-refractivity contribution is 0.0697. The Hall–Kier alpha value is -2.37. The van der Waals surface area contributed by atoms with Gasteiger partial charge in [-0.05, 0) is 18.2 Å². The molecule has 0 unspecified atom stereocenters. The molecule has 1 rings (SSSR count). The highest BCUT2D eigenvalue weighted by molar-refractivity contribution is 6.09. The van der Waals surface area contributed by atoms with Crippen LogP contribution in [0.5, 0.6) is 0 Å². The van der Waals surface area contributed by atoms with E-state index in [2.05, 4.69) is 0 Å². The Morgan fingerprint density at radius 2 is 1.67 bits per heavy atom. The van der Waals surface area contributed by atoms with Crippen molar-refractivity contribution >= 4 is 17.6 Å². The van der Waals surface area contributed by atoms with E-state index in [4.69, 9.17) is 27.4 Å². The molecule has 6 heteroatoms. The molecule has 0 saturated heterocycles. The molecule has 0 spiro atoms. The highest BCUT2D eigenvalue weighted by atomic mass is 16.4. The Morgan fingerprint density at radius 3 is 2.07 bits per heavy atom. The zero-order valence-electron chi connectivity index (χ0n) is 7.74. The third-order valence-electron chi connectivity index (χ3n) is 1.85. The molecule has 0 aliphatic carbocycles. The SMILES string of the molecule is N=C(N)c1ccc(C(=O)O)cc1C(=N)N. The Kier molecular flexibility index (Phi) is 2.70. The lowest BCUT2D eigenvalue weighted by atomic mass is 10.0. The molecule has 78 valence electrons. The highest BCUT2D eigenvalue weighted by Crippen LogP contribution is 2.11. The second kappa shape index (κ2) is 3.79. The number of hydrogen-bond acceptors (Lipinski definition) is 3. The number of rotatable bonds is 3. The van der Waals surface area contributed by atoms with Crippen molar-refractivity contribution in [3.05, 3.63) is 34.9 Å². The van der Waals surface area contributed by atoms with Gasteiger partial charge in [-0.1, -0.05) is 0 Å². The maximum atomic E-state index is 10.7. The maximum Gasteiger partial charge on any atom is 0.335 e. The first-order valence-corrected chi connectivity index (χ1v) is 3.99. The number of benzene rings is 1. The smallest absolute Gasteiger partial charge is 0.335 e. The molecule has 1 aromatic rings. The van der Waals surface area contributed by atoms with Crippen LogP contribution in [0.1, 0.15) is 21.5 Å². The van der Waals surface area contributed by atoms with Gasteiger partial charge in [0, 0.05) is 11.1 Å². The molecule has 0 bridgehead atoms. The van der Waals surface area contributed by atoms with Gasteiger partial charge in [-0.25, -0.2) is 4.79 Å². The third kappa shape index (κ3) is 2.11. The van der Waals surface area contributed by atoms with Crippen molar-refractivity contribution in [1.82, 2.24) is 0 Å². The van der Waals surface area contributed by atoms with Crippen molar-refractivity contribution < 1.29 is 9.90 Å². The zero-order chi connectivity index (χ0) is 11.6. The summed E-state index contributed by atoms with van der Waals surface area (Å²) in [7, 11) is 0. The fourth-order valence-corrected chi connectivity index (χ4v) is 1.13. The average molecular weight is 206 g/mol. The van der Waals surface area contributed by atoms with Crippen molar-refractivity contribution in [3.8, 4) is 0 Å². The van der Waals surface area contributed by atoms with Gasteiger partial charge in [-0.3, -0.25) is 10.8 Å². The minimum Gasteiger partial charge on any atom is -0.478 e. The molecule has 0 aliphatic heterocycles. The summed E-state index contributed by atoms with van der Waals surface area (Å²) in [6.07, 6.45) is 0. The van der Waals surface area contributed by atoms with E-state index in [1.54, 1.807) is 0 Å². The van der Waals surface area contributed by atoms with E-state index in [1.807, 2.05) is 0 Å². The minimum absolute atomic E-state index is 0.00481. The van der Waals surface area contributed by atoms with Crippen LogP contribution in [0.25, 0.3) is 0 Å². The summed E-state index contributed by atoms with van der Waals surface area (Å²) in [5, 5.41) is 23.2. The summed E-state index contributed by atoms with van der Waals surface area (Å²) in [5.74, 6) is -1.69. The normalized spacial score (nSPS) is 9.60. The van der Waals surface area contributed by atoms with E-state index in [0.717, 1.165) is 0 Å². The van der Waals surface area contributed by atoms with E-state index < -0.39 is 5.97 Å². The Bertz CT molecular complexity index is 453. The van der Waals surface area contributed by atoms with Crippen LogP contribution in [0, 0.1) is 10.8 Å². The summed E-state index contributed by atoms with van der Waals surface area (Å²) in [4.78, 5) is 10.7. The summed E-state index contributed by atoms with van der Waals surface area (Å²) < 4.78 is 0. The van der Waals surface area contributed by atoms with Crippen LogP contribution in [-0.2, 0) is 0 Å². The van der Waals surface area contributed by atoms with E-state index in [1.165, 1.54) is 18.2 Å². The van der Waals surface area contributed by atoms with Gasteiger partial charge in [0.05, 0.1) is 5.56 Å². The Labute approximate surface area is 85.5 Å². The number of aromatic carboxylic acids is 1. The molecule has 0 aliphatic rings. The van der Waals surface area contributed by atoms with Crippen molar-refractivity contribution in [3.63, 3.8) is 0 Å². The maximum absolute atomic E-state index is 10.7. The number of hydrogen-bond donors (Lipinski definition) is 5. The van der Waals surface area contributed by atoms with E-state index >= 15 is 0 Å². The van der Waals surface area contributed by atoms with Crippen LogP contribution >= 0.6 is 0 Å². The van der Waals surface area contributed by atoms with Crippen LogP contribution in [0.4, 0.5) is 0 Å². The molecule has 15 heavy (non-hydrogen) atoms. The first-order valence-electron chi connectivity index (χ1n) is 3.99. The molecule has 0 radical (unpaired) electrons. The molecule has 7 N–H and O–H groups in total. The number of carboxylic acid groups (broad SMARTS) is 1. The topological polar surface area (TPSA) is 137 Å². The van der Waals surface area contributed by atoms with Crippen molar-refractivity contribution in [2.75, 3.05) is 0 Å². The number of carboxylic acids is 1. The molecule has 0 saturated carbocycles. The van der Waals surface area contributed by atoms with E-state index in [9.17, 15) is 4.79 Å². The van der Waals surface area contributed by atoms with Gasteiger partial charge in [0.2, 0.25) is 0 Å². The molecular weight excluding hydrogens is 196 g/mol. The number of amidine groups is 2. The Balaban J connectivity index is 3.40. The van der Waals surface area contributed by atoms with Crippen LogP contribution < -0.4 is 11.5 Å². The van der Waals surface area contributed by atoms with E-state index in [-0.39, 0.29) is 28.4 Å². The predicted molar refractivity (Wildman–Crippen MR) is 55.4 cm³/mol. The third-order valence-corrected chi connectivity index (χ3v) is 1.85. The lowest BCUT2D eigenvalue weighted by Crippen LogP contribution is -2.21. The number of nitrogens with one attached hydrogen (secondary N) is 2. The van der Waals surface area contributed by atoms with Gasteiger partial charge < -0.3 is 16.6 Å². The van der Waals surface area contributed by atoms with Crippen molar-refractivity contribution in [2.24, 2.45) is 11.5 Å². The van der Waals surface area contributed by atoms with Gasteiger partial charge in [-0.2, -0.15) is 0 Å². The molecule has 0 fully saturated rings. The second-order valence-electron chi connectivity index (χ2n) is 2.89. The molecular formula is C9H10N4O2. The zero-order valence-corrected chi connectivity index (χ0v) is 7.74. The first kappa shape index (κ1) is 10.7. The minimum atomic E-state index is -1.12. The second-order valence-corrected chi connectivity index (χ2v) is 2.89. The summed E-state index contributed by atoms with van der Waals surface area (Å²) in [6.45, 7) is 0. The lowest BCUT2D eigenvalue weighted by Gasteiger charge is -2.07. The van der Waals surface area contributed by atoms with Gasteiger partial charge in [-0.15, -0.1) is 0 Å². The van der Waals surface area contributed by atoms with Crippen molar-refractivity contribution in [2.45, 2.75) is 0 Å². The number of nitrogens with two attached hydrogens (primary N) is 2. The number of carbonyl (C=O) groups is 1. The molecule has 6 nitrogen and oxygen atoms in total. The van der Waals surface area contributed by atoms with Crippen LogP contribution in [-0.4, -0.2) is 22.7 Å². The monoisotopic (exact) mass is 206 g/mol. The summed E-state index contributed by atoms with van der Waals surface area (Å²) >= 11 is 0. The molecule has 0 aromatic heterocycles. The van der Waals surface area contributed by atoms with Crippen molar-refractivity contribution in [1.29, 1.82) is 10.8 Å². The molecule has 0 heterocycles. The molecule has 0 atom stereocenters. The average Bonchev–Trinajstić information content (AvgIpc) is 2.16. The molecule has 1 aromatic carbocycles. The summed E-state index contributed by atoms with van der Waals surface area (Å²) in [6, 6.07) is 3.90. The largest absolute Gasteiger partial charge is 0.478 e. The van der Waals surface area contributed by atoms with Crippen LogP contribution in [0.15, 0.2) is 18.2 Å². The van der Waals surface area contributed by atoms with Gasteiger partial charge in [0.15, 0.2) is 0 Å². The Morgan fingerprint density at radius 1 is 1.13 bits per heavy atom. The summed E-state index contributed by atoms with van der Waals surface area (Å²) in [5.41, 5.74) is 10.9. The number of nitrogen functional groups attached to an aromatic ring is 2. The quantitative estimate of drug-likeness (QED) is 0.349. The highest BCUT2D eigenvalue weighted by Gasteiger charge is 2.11. The van der Waals surface area contributed by atoms with Crippen LogP contribution in [0.3, 0.4) is 0 Å². The standard InChI is InChI=1S/C9H10N4O2/c10-7(11)5-2-1-4(9(14)15)3-6(5)8(12)13/h1-3H,(H3,10,11)(H3,12,13)(H,14,15). The first-order chi connectivity index (χ1) is 6.93. The molecule has 0 amide bonds. The fourth-order valence-electron chi connectivity index (χ4n) is 1.13. The fraction of sp³-hybridized carbons (Fsp3) is 0. The van der Waals surface area contributed by atoms with Gasteiger partial charge in [0.25, 0.3) is 0 Å². The van der Waals surface area contributed by atoms with Gasteiger partial charge >= 0.3 is 5.97 Å². The van der Waals surface area contributed by atoms with Crippen LogP contribution in [0.2, 0.25) is 0 Å².